The van der Waals surface area contributed by atoms with E-state index in [0.29, 0.717) is 12.8 Å². The molecular weight excluding hydrogens is 256 g/mol. The van der Waals surface area contributed by atoms with Gasteiger partial charge in [-0.25, -0.2) is 4.79 Å². The molecule has 0 radical (unpaired) electrons. The third kappa shape index (κ3) is 6.78. The molecule has 1 aromatic rings. The van der Waals surface area contributed by atoms with E-state index < -0.39 is 5.97 Å². The molecule has 1 rings (SSSR count). The number of rotatable bonds is 7. The van der Waals surface area contributed by atoms with Crippen molar-refractivity contribution in [3.63, 3.8) is 0 Å². The monoisotopic (exact) mass is 278 g/mol. The van der Waals surface area contributed by atoms with Gasteiger partial charge in [0.05, 0.1) is 0 Å². The molecule has 1 aromatic carbocycles. The molecule has 0 fully saturated rings. The Hall–Kier alpha value is -2.04. The Balaban J connectivity index is 2.59. The van der Waals surface area contributed by atoms with Crippen LogP contribution in [-0.2, 0) is 11.2 Å². The summed E-state index contributed by atoms with van der Waals surface area (Å²) in [5.41, 5.74) is 1.08. The maximum atomic E-state index is 11.7. The van der Waals surface area contributed by atoms with E-state index >= 15 is 0 Å². The summed E-state index contributed by atoms with van der Waals surface area (Å²) < 4.78 is 0. The van der Waals surface area contributed by atoms with Crippen LogP contribution in [-0.4, -0.2) is 29.2 Å². The van der Waals surface area contributed by atoms with Crippen molar-refractivity contribution in [2.24, 2.45) is 0 Å². The topological polar surface area (TPSA) is 78.4 Å². The van der Waals surface area contributed by atoms with Gasteiger partial charge >= 0.3 is 12.0 Å². The van der Waals surface area contributed by atoms with Crippen molar-refractivity contribution >= 4 is 12.0 Å². The van der Waals surface area contributed by atoms with E-state index in [1.165, 1.54) is 0 Å². The lowest BCUT2D eigenvalue weighted by Gasteiger charge is -2.19. The van der Waals surface area contributed by atoms with Crippen LogP contribution in [0.3, 0.4) is 0 Å². The number of aliphatic carboxylic acids is 1. The zero-order valence-corrected chi connectivity index (χ0v) is 11.9. The molecule has 0 aliphatic heterocycles. The first-order chi connectivity index (χ1) is 9.47. The molecule has 0 heterocycles. The van der Waals surface area contributed by atoms with Gasteiger partial charge in [-0.2, -0.15) is 0 Å². The maximum absolute atomic E-state index is 11.7. The number of urea groups is 1. The number of carbonyl (C=O) groups excluding carboxylic acids is 1. The molecule has 0 aliphatic carbocycles. The summed E-state index contributed by atoms with van der Waals surface area (Å²) in [6.45, 7) is 3.76. The summed E-state index contributed by atoms with van der Waals surface area (Å²) in [5.74, 6) is -0.853. The second-order valence-corrected chi connectivity index (χ2v) is 5.09. The molecule has 110 valence electrons. The highest BCUT2D eigenvalue weighted by molar-refractivity contribution is 5.74. The second kappa shape index (κ2) is 8.19. The van der Waals surface area contributed by atoms with Crippen molar-refractivity contribution in [2.75, 3.05) is 0 Å². The molecule has 20 heavy (non-hydrogen) atoms. The normalized spacial score (nSPS) is 11.9. The lowest BCUT2D eigenvalue weighted by Crippen LogP contribution is -2.45. The summed E-state index contributed by atoms with van der Waals surface area (Å²) in [7, 11) is 0. The molecule has 5 heteroatoms. The van der Waals surface area contributed by atoms with Crippen LogP contribution < -0.4 is 10.6 Å². The Labute approximate surface area is 119 Å². The SMILES string of the molecule is CC(C)NC(=O)NC(CCC(=O)O)Cc1ccccc1. The van der Waals surface area contributed by atoms with Gasteiger partial charge in [0.25, 0.3) is 0 Å². The average molecular weight is 278 g/mol. The number of nitrogens with one attached hydrogen (secondary N) is 2. The minimum absolute atomic E-state index is 0.0411. The number of hydrogen-bond donors (Lipinski definition) is 3. The van der Waals surface area contributed by atoms with Gasteiger partial charge in [-0.15, -0.1) is 0 Å². The Morgan fingerprint density at radius 1 is 1.15 bits per heavy atom. The van der Waals surface area contributed by atoms with Gasteiger partial charge in [0, 0.05) is 18.5 Å². The standard InChI is InChI=1S/C15H22N2O3/c1-11(2)16-15(20)17-13(8-9-14(18)19)10-12-6-4-3-5-7-12/h3-7,11,13H,8-10H2,1-2H3,(H,18,19)(H2,16,17,20). The van der Waals surface area contributed by atoms with Crippen molar-refractivity contribution in [1.29, 1.82) is 0 Å². The number of carbonyl (C=O) groups is 2. The molecule has 0 saturated carbocycles. The molecule has 0 aromatic heterocycles. The zero-order chi connectivity index (χ0) is 15.0. The molecule has 0 aliphatic rings. The smallest absolute Gasteiger partial charge is 0.315 e. The molecule has 2 amide bonds. The van der Waals surface area contributed by atoms with Gasteiger partial charge in [-0.05, 0) is 32.3 Å². The maximum Gasteiger partial charge on any atom is 0.315 e. The molecule has 0 saturated heterocycles. The largest absolute Gasteiger partial charge is 0.481 e. The summed E-state index contributed by atoms with van der Waals surface area (Å²) in [5, 5.41) is 14.4. The molecule has 5 nitrogen and oxygen atoms in total. The zero-order valence-electron chi connectivity index (χ0n) is 11.9. The minimum atomic E-state index is -0.853. The van der Waals surface area contributed by atoms with Gasteiger partial charge in [0.15, 0.2) is 0 Å². The Kier molecular flexibility index (Phi) is 6.56. The number of amides is 2. The minimum Gasteiger partial charge on any atom is -0.481 e. The molecule has 3 N–H and O–H groups in total. The summed E-state index contributed by atoms with van der Waals surface area (Å²) in [4.78, 5) is 22.4. The van der Waals surface area contributed by atoms with Crippen LogP contribution in [0.25, 0.3) is 0 Å². The van der Waals surface area contributed by atoms with Crippen molar-refractivity contribution < 1.29 is 14.7 Å². The van der Waals surface area contributed by atoms with Crippen LogP contribution in [0.4, 0.5) is 4.79 Å². The van der Waals surface area contributed by atoms with Crippen molar-refractivity contribution in [3.05, 3.63) is 35.9 Å². The quantitative estimate of drug-likeness (QED) is 0.715. The van der Waals surface area contributed by atoms with E-state index in [9.17, 15) is 9.59 Å². The lowest BCUT2D eigenvalue weighted by molar-refractivity contribution is -0.137. The van der Waals surface area contributed by atoms with E-state index in [0.717, 1.165) is 5.56 Å². The first-order valence-electron chi connectivity index (χ1n) is 6.80. The fraction of sp³-hybridized carbons (Fsp3) is 0.467. The van der Waals surface area contributed by atoms with E-state index in [-0.39, 0.29) is 24.5 Å². The first kappa shape index (κ1) is 16.0. The van der Waals surface area contributed by atoms with Crippen LogP contribution >= 0.6 is 0 Å². The van der Waals surface area contributed by atoms with Crippen molar-refractivity contribution in [3.8, 4) is 0 Å². The molecule has 1 atom stereocenters. The Morgan fingerprint density at radius 2 is 1.80 bits per heavy atom. The van der Waals surface area contributed by atoms with E-state index in [1.807, 2.05) is 44.2 Å². The number of carboxylic acid groups (broad SMARTS) is 1. The fourth-order valence-corrected chi connectivity index (χ4v) is 1.91. The lowest BCUT2D eigenvalue weighted by atomic mass is 10.0. The summed E-state index contributed by atoms with van der Waals surface area (Å²) in [6, 6.07) is 9.32. The number of hydrogen-bond acceptors (Lipinski definition) is 2. The molecule has 1 unspecified atom stereocenters. The fourth-order valence-electron chi connectivity index (χ4n) is 1.91. The van der Waals surface area contributed by atoms with Gasteiger partial charge in [-0.3, -0.25) is 4.79 Å². The van der Waals surface area contributed by atoms with Gasteiger partial charge in [0.1, 0.15) is 0 Å². The molecule has 0 bridgehead atoms. The highest BCUT2D eigenvalue weighted by Crippen LogP contribution is 2.08. The third-order valence-corrected chi connectivity index (χ3v) is 2.79. The van der Waals surface area contributed by atoms with Crippen LogP contribution in [0, 0.1) is 0 Å². The van der Waals surface area contributed by atoms with Gasteiger partial charge in [0.2, 0.25) is 0 Å². The third-order valence-electron chi connectivity index (χ3n) is 2.79. The Morgan fingerprint density at radius 3 is 2.35 bits per heavy atom. The van der Waals surface area contributed by atoms with Crippen LogP contribution in [0.15, 0.2) is 30.3 Å². The predicted molar refractivity (Wildman–Crippen MR) is 77.6 cm³/mol. The second-order valence-electron chi connectivity index (χ2n) is 5.09. The van der Waals surface area contributed by atoms with E-state index in [2.05, 4.69) is 10.6 Å². The van der Waals surface area contributed by atoms with Crippen molar-refractivity contribution in [2.45, 2.75) is 45.2 Å². The number of benzene rings is 1. The average Bonchev–Trinajstić information content (AvgIpc) is 2.36. The molecule has 0 spiro atoms. The predicted octanol–water partition coefficient (Wildman–Crippen LogP) is 2.17. The van der Waals surface area contributed by atoms with Crippen LogP contribution in [0.2, 0.25) is 0 Å². The Bertz CT molecular complexity index is 432. The highest BCUT2D eigenvalue weighted by atomic mass is 16.4. The highest BCUT2D eigenvalue weighted by Gasteiger charge is 2.15. The van der Waals surface area contributed by atoms with Gasteiger partial charge in [-0.1, -0.05) is 30.3 Å². The molecular formula is C15H22N2O3. The van der Waals surface area contributed by atoms with Gasteiger partial charge < -0.3 is 15.7 Å². The van der Waals surface area contributed by atoms with E-state index in [1.54, 1.807) is 0 Å². The van der Waals surface area contributed by atoms with E-state index in [4.69, 9.17) is 5.11 Å². The van der Waals surface area contributed by atoms with Crippen molar-refractivity contribution in [1.82, 2.24) is 10.6 Å². The number of carboxylic acids is 1. The van der Waals surface area contributed by atoms with Crippen LogP contribution in [0.1, 0.15) is 32.3 Å². The summed E-state index contributed by atoms with van der Waals surface area (Å²) >= 11 is 0. The van der Waals surface area contributed by atoms with Crippen LogP contribution in [0.5, 0.6) is 0 Å². The first-order valence-corrected chi connectivity index (χ1v) is 6.80. The summed E-state index contributed by atoms with van der Waals surface area (Å²) in [6.07, 6.45) is 1.08.